The highest BCUT2D eigenvalue weighted by molar-refractivity contribution is 6.33. The molecular weight excluding hydrogens is 437 g/mol. The number of carbonyl (C=O) groups is 1. The molecule has 0 spiro atoms. The first-order valence-electron chi connectivity index (χ1n) is 9.72. The molecule has 31 heavy (non-hydrogen) atoms. The number of hydrogen-bond donors (Lipinski definition) is 1. The number of hydrogen-bond acceptors (Lipinski definition) is 5. The van der Waals surface area contributed by atoms with E-state index in [1.165, 1.54) is 0 Å². The fraction of sp³-hybridized carbons (Fsp3) is 0.286. The second-order valence-electron chi connectivity index (χ2n) is 8.41. The van der Waals surface area contributed by atoms with Gasteiger partial charge in [0.2, 0.25) is 5.91 Å². The van der Waals surface area contributed by atoms with Gasteiger partial charge in [0.15, 0.2) is 10.8 Å². The van der Waals surface area contributed by atoms with Crippen LogP contribution < -0.4 is 5.32 Å². The largest absolute Gasteiger partial charge is 0.340 e. The zero-order valence-electron chi connectivity index (χ0n) is 17.1. The Kier molecular flexibility index (Phi) is 4.53. The first-order chi connectivity index (χ1) is 14.7. The van der Waals surface area contributed by atoms with E-state index in [-0.39, 0.29) is 17.2 Å². The SMILES string of the molecule is Cn1cnc(-c2ncc(NC(=O)[C@H]3CC(C)(C)c4c3cnc3cc(Cl)nn43)cc2Cl)c1. The Bertz CT molecular complexity index is 1340. The average molecular weight is 456 g/mol. The zero-order chi connectivity index (χ0) is 21.9. The Labute approximate surface area is 188 Å². The van der Waals surface area contributed by atoms with Crippen LogP contribution in [0.5, 0.6) is 0 Å². The minimum absolute atomic E-state index is 0.144. The highest BCUT2D eigenvalue weighted by Gasteiger charge is 2.43. The van der Waals surface area contributed by atoms with E-state index >= 15 is 0 Å². The normalized spacial score (nSPS) is 17.1. The van der Waals surface area contributed by atoms with Gasteiger partial charge in [-0.15, -0.1) is 0 Å². The lowest BCUT2D eigenvalue weighted by Gasteiger charge is -2.19. The van der Waals surface area contributed by atoms with Gasteiger partial charge < -0.3 is 9.88 Å². The van der Waals surface area contributed by atoms with Gasteiger partial charge in [-0.3, -0.25) is 9.78 Å². The Balaban J connectivity index is 1.44. The number of anilines is 1. The Morgan fingerprint density at radius 2 is 2.00 bits per heavy atom. The fourth-order valence-corrected chi connectivity index (χ4v) is 4.70. The summed E-state index contributed by atoms with van der Waals surface area (Å²) >= 11 is 12.5. The quantitative estimate of drug-likeness (QED) is 0.498. The van der Waals surface area contributed by atoms with Gasteiger partial charge in [-0.1, -0.05) is 37.0 Å². The van der Waals surface area contributed by atoms with Crippen LogP contribution in [-0.4, -0.2) is 35.0 Å². The van der Waals surface area contributed by atoms with Gasteiger partial charge in [-0.2, -0.15) is 5.10 Å². The van der Waals surface area contributed by atoms with E-state index in [1.54, 1.807) is 35.4 Å². The third kappa shape index (κ3) is 3.36. The van der Waals surface area contributed by atoms with E-state index in [9.17, 15) is 4.79 Å². The molecule has 8 nitrogen and oxygen atoms in total. The number of pyridine rings is 1. The number of nitrogens with zero attached hydrogens (tertiary/aromatic N) is 6. The molecule has 5 rings (SSSR count). The molecule has 4 heterocycles. The summed E-state index contributed by atoms with van der Waals surface area (Å²) in [5, 5.41) is 8.10. The van der Waals surface area contributed by atoms with Crippen LogP contribution in [-0.2, 0) is 17.3 Å². The van der Waals surface area contributed by atoms with Crippen molar-refractivity contribution in [1.29, 1.82) is 0 Å². The molecule has 0 saturated heterocycles. The number of aromatic nitrogens is 6. The van der Waals surface area contributed by atoms with Crippen molar-refractivity contribution in [2.24, 2.45) is 7.05 Å². The van der Waals surface area contributed by atoms with Crippen LogP contribution in [0.1, 0.15) is 37.4 Å². The number of rotatable bonds is 3. The molecule has 0 bridgehead atoms. The zero-order valence-corrected chi connectivity index (χ0v) is 18.6. The molecule has 1 aliphatic carbocycles. The lowest BCUT2D eigenvalue weighted by molar-refractivity contribution is -0.117. The molecule has 158 valence electrons. The van der Waals surface area contributed by atoms with Crippen LogP contribution >= 0.6 is 23.2 Å². The Morgan fingerprint density at radius 1 is 1.19 bits per heavy atom. The van der Waals surface area contributed by atoms with Gasteiger partial charge in [-0.25, -0.2) is 14.5 Å². The maximum absolute atomic E-state index is 13.2. The Hall–Kier alpha value is -2.97. The van der Waals surface area contributed by atoms with Crippen molar-refractivity contribution >= 4 is 40.4 Å². The van der Waals surface area contributed by atoms with Gasteiger partial charge in [-0.05, 0) is 12.5 Å². The number of nitrogens with one attached hydrogen (secondary N) is 1. The predicted octanol–water partition coefficient (Wildman–Crippen LogP) is 4.24. The molecule has 1 amide bonds. The molecular formula is C21H19Cl2N7O. The number of fused-ring (bicyclic) bond motifs is 3. The topological polar surface area (TPSA) is 90.0 Å². The van der Waals surface area contributed by atoms with Gasteiger partial charge in [0.05, 0.1) is 34.8 Å². The third-order valence-corrected chi connectivity index (χ3v) is 6.06. The number of carbonyl (C=O) groups excluding carboxylic acids is 1. The molecule has 1 aliphatic rings. The summed E-state index contributed by atoms with van der Waals surface area (Å²) < 4.78 is 3.56. The van der Waals surface area contributed by atoms with Crippen LogP contribution in [0.2, 0.25) is 10.2 Å². The first-order valence-corrected chi connectivity index (χ1v) is 10.5. The summed E-state index contributed by atoms with van der Waals surface area (Å²) in [6.07, 6.45) is 7.47. The molecule has 0 unspecified atom stereocenters. The highest BCUT2D eigenvalue weighted by atomic mass is 35.5. The second kappa shape index (κ2) is 7.03. The van der Waals surface area contributed by atoms with Gasteiger partial charge >= 0.3 is 0 Å². The summed E-state index contributed by atoms with van der Waals surface area (Å²) in [6, 6.07) is 3.40. The van der Waals surface area contributed by atoms with Crippen molar-refractivity contribution in [3.8, 4) is 11.4 Å². The summed E-state index contributed by atoms with van der Waals surface area (Å²) in [5.41, 5.74) is 3.95. The molecule has 0 aromatic carbocycles. The smallest absolute Gasteiger partial charge is 0.232 e. The van der Waals surface area contributed by atoms with Crippen molar-refractivity contribution in [2.45, 2.75) is 31.6 Å². The van der Waals surface area contributed by atoms with Crippen molar-refractivity contribution in [3.63, 3.8) is 0 Å². The van der Waals surface area contributed by atoms with E-state index < -0.39 is 0 Å². The molecule has 1 atom stereocenters. The molecule has 10 heteroatoms. The van der Waals surface area contributed by atoms with Crippen molar-refractivity contribution < 1.29 is 4.79 Å². The van der Waals surface area contributed by atoms with E-state index in [4.69, 9.17) is 23.2 Å². The van der Waals surface area contributed by atoms with Crippen LogP contribution in [0.15, 0.2) is 37.1 Å². The highest BCUT2D eigenvalue weighted by Crippen LogP contribution is 2.46. The minimum atomic E-state index is -0.376. The fourth-order valence-electron chi connectivity index (χ4n) is 4.26. The predicted molar refractivity (Wildman–Crippen MR) is 118 cm³/mol. The lowest BCUT2D eigenvalue weighted by Crippen LogP contribution is -2.21. The van der Waals surface area contributed by atoms with Crippen molar-refractivity contribution in [2.75, 3.05) is 5.32 Å². The summed E-state index contributed by atoms with van der Waals surface area (Å²) in [7, 11) is 1.87. The lowest BCUT2D eigenvalue weighted by atomic mass is 9.88. The number of aryl methyl sites for hydroxylation is 1. The first kappa shape index (κ1) is 20.0. The van der Waals surface area contributed by atoms with E-state index in [0.717, 1.165) is 11.3 Å². The van der Waals surface area contributed by atoms with E-state index in [1.807, 2.05) is 17.8 Å². The van der Waals surface area contributed by atoms with Gasteiger partial charge in [0.25, 0.3) is 0 Å². The maximum Gasteiger partial charge on any atom is 0.232 e. The monoisotopic (exact) mass is 455 g/mol. The number of imidazole rings is 1. The average Bonchev–Trinajstić information content (AvgIpc) is 3.36. The summed E-state index contributed by atoms with van der Waals surface area (Å²) in [6.45, 7) is 4.18. The minimum Gasteiger partial charge on any atom is -0.340 e. The maximum atomic E-state index is 13.2. The molecule has 1 N–H and O–H groups in total. The number of amides is 1. The standard InChI is InChI=1S/C21H19Cl2N7O/c1-21(2)6-12(13-8-24-17-5-16(23)28-30(17)19(13)21)20(31)27-11-4-14(22)18(25-7-11)15-9-29(3)10-26-15/h4-5,7-10,12H,6H2,1-3H3,(H,27,31)/t12-/m0/s1. The van der Waals surface area contributed by atoms with E-state index in [2.05, 4.69) is 39.2 Å². The van der Waals surface area contributed by atoms with Gasteiger partial charge in [0.1, 0.15) is 11.4 Å². The molecule has 0 saturated carbocycles. The Morgan fingerprint density at radius 3 is 2.71 bits per heavy atom. The molecule has 0 aliphatic heterocycles. The van der Waals surface area contributed by atoms with Crippen molar-refractivity contribution in [1.82, 2.24) is 29.1 Å². The van der Waals surface area contributed by atoms with Crippen molar-refractivity contribution in [3.05, 3.63) is 58.5 Å². The van der Waals surface area contributed by atoms with Crippen LogP contribution in [0.3, 0.4) is 0 Å². The molecule has 0 radical (unpaired) electrons. The van der Waals surface area contributed by atoms with Crippen LogP contribution in [0.25, 0.3) is 17.0 Å². The van der Waals surface area contributed by atoms with Crippen LogP contribution in [0.4, 0.5) is 5.69 Å². The summed E-state index contributed by atoms with van der Waals surface area (Å²) in [4.78, 5) is 26.3. The third-order valence-electron chi connectivity index (χ3n) is 5.59. The van der Waals surface area contributed by atoms with Crippen LogP contribution in [0, 0.1) is 0 Å². The molecule has 0 fully saturated rings. The molecule has 4 aromatic heterocycles. The molecule has 4 aromatic rings. The van der Waals surface area contributed by atoms with E-state index in [0.29, 0.717) is 39.3 Å². The number of halogens is 2. The second-order valence-corrected chi connectivity index (χ2v) is 9.20. The van der Waals surface area contributed by atoms with Gasteiger partial charge in [0, 0.05) is 36.5 Å². The summed E-state index contributed by atoms with van der Waals surface area (Å²) in [5.74, 6) is -0.520.